The van der Waals surface area contributed by atoms with Crippen molar-refractivity contribution in [1.29, 1.82) is 0 Å². The Hall–Kier alpha value is -3.02. The molecule has 0 aliphatic carbocycles. The molecule has 132 valence electrons. The number of benzene rings is 2. The molecule has 0 saturated carbocycles. The van der Waals surface area contributed by atoms with Gasteiger partial charge in [0.1, 0.15) is 11.5 Å². The Bertz CT molecular complexity index is 714. The van der Waals surface area contributed by atoms with Crippen LogP contribution in [0.25, 0.3) is 0 Å². The van der Waals surface area contributed by atoms with Crippen molar-refractivity contribution >= 4 is 11.8 Å². The Labute approximate surface area is 147 Å². The van der Waals surface area contributed by atoms with Crippen molar-refractivity contribution in [1.82, 2.24) is 10.9 Å². The van der Waals surface area contributed by atoms with Crippen LogP contribution in [0.4, 0.5) is 0 Å². The van der Waals surface area contributed by atoms with Crippen LogP contribution in [-0.4, -0.2) is 25.5 Å². The fourth-order valence-corrected chi connectivity index (χ4v) is 2.12. The molecule has 25 heavy (non-hydrogen) atoms. The Balaban J connectivity index is 1.90. The third kappa shape index (κ3) is 5.24. The fourth-order valence-electron chi connectivity index (χ4n) is 2.12. The van der Waals surface area contributed by atoms with Crippen LogP contribution in [0.1, 0.15) is 40.5 Å². The number of hydrogen-bond acceptors (Lipinski definition) is 4. The van der Waals surface area contributed by atoms with Crippen molar-refractivity contribution in [3.63, 3.8) is 0 Å². The number of carbonyl (C=O) groups excluding carboxylic acids is 2. The van der Waals surface area contributed by atoms with E-state index in [4.69, 9.17) is 9.47 Å². The number of rotatable bonds is 7. The van der Waals surface area contributed by atoms with E-state index in [0.29, 0.717) is 29.2 Å². The molecule has 0 bridgehead atoms. The Morgan fingerprint density at radius 2 is 1.64 bits per heavy atom. The number of hydrogen-bond donors (Lipinski definition) is 2. The summed E-state index contributed by atoms with van der Waals surface area (Å²) in [6, 6.07) is 13.5. The predicted molar refractivity (Wildman–Crippen MR) is 94.8 cm³/mol. The zero-order valence-electron chi connectivity index (χ0n) is 14.4. The third-order valence-electron chi connectivity index (χ3n) is 3.52. The minimum absolute atomic E-state index is 0.338. The second-order valence-electron chi connectivity index (χ2n) is 5.33. The first-order valence-corrected chi connectivity index (χ1v) is 8.12. The van der Waals surface area contributed by atoms with Gasteiger partial charge >= 0.3 is 0 Å². The van der Waals surface area contributed by atoms with E-state index in [-0.39, 0.29) is 0 Å². The minimum atomic E-state index is -0.453. The first-order chi connectivity index (χ1) is 12.2. The van der Waals surface area contributed by atoms with Crippen molar-refractivity contribution < 1.29 is 19.1 Å². The first-order valence-electron chi connectivity index (χ1n) is 8.12. The van der Waals surface area contributed by atoms with Crippen molar-refractivity contribution in [2.45, 2.75) is 19.8 Å². The minimum Gasteiger partial charge on any atom is -0.496 e. The highest BCUT2D eigenvalue weighted by atomic mass is 16.5. The van der Waals surface area contributed by atoms with Crippen LogP contribution in [-0.2, 0) is 0 Å². The largest absolute Gasteiger partial charge is 0.496 e. The summed E-state index contributed by atoms with van der Waals surface area (Å²) in [7, 11) is 1.48. The maximum atomic E-state index is 12.1. The SMILES string of the molecule is CCCCOc1ccc(C(=O)NNC(=O)c2ccccc2OC)cc1. The van der Waals surface area contributed by atoms with Crippen LogP contribution >= 0.6 is 0 Å². The Morgan fingerprint density at radius 3 is 2.32 bits per heavy atom. The van der Waals surface area contributed by atoms with Gasteiger partial charge in [-0.3, -0.25) is 20.4 Å². The molecule has 2 aromatic rings. The highest BCUT2D eigenvalue weighted by Gasteiger charge is 2.13. The summed E-state index contributed by atoms with van der Waals surface area (Å²) >= 11 is 0. The van der Waals surface area contributed by atoms with Gasteiger partial charge in [0.2, 0.25) is 0 Å². The summed E-state index contributed by atoms with van der Waals surface area (Å²) in [5, 5.41) is 0. The summed E-state index contributed by atoms with van der Waals surface area (Å²) in [5.41, 5.74) is 5.52. The highest BCUT2D eigenvalue weighted by Crippen LogP contribution is 2.16. The second-order valence-corrected chi connectivity index (χ2v) is 5.33. The lowest BCUT2D eigenvalue weighted by molar-refractivity contribution is 0.0845. The molecule has 0 radical (unpaired) electrons. The molecule has 0 heterocycles. The Morgan fingerprint density at radius 1 is 0.960 bits per heavy atom. The van der Waals surface area contributed by atoms with E-state index in [1.807, 2.05) is 0 Å². The van der Waals surface area contributed by atoms with Crippen molar-refractivity contribution in [3.05, 3.63) is 59.7 Å². The van der Waals surface area contributed by atoms with E-state index in [2.05, 4.69) is 17.8 Å². The summed E-state index contributed by atoms with van der Waals surface area (Å²) in [6.07, 6.45) is 2.05. The number of carbonyl (C=O) groups is 2. The van der Waals surface area contributed by atoms with Gasteiger partial charge in [-0.05, 0) is 42.8 Å². The normalized spacial score (nSPS) is 10.0. The molecule has 0 spiro atoms. The maximum Gasteiger partial charge on any atom is 0.273 e. The Kier molecular flexibility index (Phi) is 6.83. The van der Waals surface area contributed by atoms with Crippen LogP contribution in [0.5, 0.6) is 11.5 Å². The first kappa shape index (κ1) is 18.3. The fraction of sp³-hybridized carbons (Fsp3) is 0.263. The zero-order chi connectivity index (χ0) is 18.1. The lowest BCUT2D eigenvalue weighted by atomic mass is 10.2. The van der Waals surface area contributed by atoms with Gasteiger partial charge in [-0.25, -0.2) is 0 Å². The highest BCUT2D eigenvalue weighted by molar-refractivity contribution is 6.00. The smallest absolute Gasteiger partial charge is 0.273 e. The van der Waals surface area contributed by atoms with Crippen molar-refractivity contribution in [2.24, 2.45) is 0 Å². The van der Waals surface area contributed by atoms with Crippen LogP contribution in [0.3, 0.4) is 0 Å². The number of amides is 2. The van der Waals surface area contributed by atoms with Gasteiger partial charge < -0.3 is 9.47 Å². The lowest BCUT2D eigenvalue weighted by Crippen LogP contribution is -2.41. The molecule has 0 aliphatic rings. The predicted octanol–water partition coefficient (Wildman–Crippen LogP) is 2.95. The number of unbranched alkanes of at least 4 members (excludes halogenated alkanes) is 1. The van der Waals surface area contributed by atoms with Crippen LogP contribution in [0.2, 0.25) is 0 Å². The summed E-state index contributed by atoms with van der Waals surface area (Å²) < 4.78 is 10.7. The second kappa shape index (κ2) is 9.32. The molecular formula is C19H22N2O4. The van der Waals surface area contributed by atoms with Gasteiger partial charge in [-0.1, -0.05) is 25.5 Å². The molecule has 2 rings (SSSR count). The average Bonchev–Trinajstić information content (AvgIpc) is 2.66. The van der Waals surface area contributed by atoms with Gasteiger partial charge in [0, 0.05) is 5.56 Å². The van der Waals surface area contributed by atoms with E-state index in [1.54, 1.807) is 48.5 Å². The summed E-state index contributed by atoms with van der Waals surface area (Å²) in [5.74, 6) is 0.277. The number of nitrogens with one attached hydrogen (secondary N) is 2. The molecule has 2 N–H and O–H groups in total. The number of para-hydroxylation sites is 1. The molecule has 0 aromatic heterocycles. The zero-order valence-corrected chi connectivity index (χ0v) is 14.4. The average molecular weight is 342 g/mol. The molecular weight excluding hydrogens is 320 g/mol. The van der Waals surface area contributed by atoms with Gasteiger partial charge in [-0.15, -0.1) is 0 Å². The van der Waals surface area contributed by atoms with Gasteiger partial charge in [0.25, 0.3) is 11.8 Å². The molecule has 6 nitrogen and oxygen atoms in total. The number of hydrazine groups is 1. The molecule has 2 aromatic carbocycles. The topological polar surface area (TPSA) is 76.7 Å². The van der Waals surface area contributed by atoms with E-state index in [9.17, 15) is 9.59 Å². The molecule has 0 aliphatic heterocycles. The van der Waals surface area contributed by atoms with Crippen LogP contribution < -0.4 is 20.3 Å². The van der Waals surface area contributed by atoms with Gasteiger partial charge in [0.05, 0.1) is 19.3 Å². The third-order valence-corrected chi connectivity index (χ3v) is 3.52. The maximum absolute atomic E-state index is 12.1. The molecule has 6 heteroatoms. The standard InChI is InChI=1S/C19H22N2O4/c1-3-4-13-25-15-11-9-14(10-12-15)18(22)20-21-19(23)16-7-5-6-8-17(16)24-2/h5-12H,3-4,13H2,1-2H3,(H,20,22)(H,21,23). The monoisotopic (exact) mass is 342 g/mol. The lowest BCUT2D eigenvalue weighted by Gasteiger charge is -2.10. The van der Waals surface area contributed by atoms with Crippen LogP contribution in [0, 0.1) is 0 Å². The molecule has 0 saturated heterocycles. The molecule has 0 fully saturated rings. The van der Waals surface area contributed by atoms with Crippen molar-refractivity contribution in [3.8, 4) is 11.5 Å². The van der Waals surface area contributed by atoms with Gasteiger partial charge in [-0.2, -0.15) is 0 Å². The summed E-state index contributed by atoms with van der Waals surface area (Å²) in [4.78, 5) is 24.2. The molecule has 0 unspecified atom stereocenters. The summed E-state index contributed by atoms with van der Waals surface area (Å²) in [6.45, 7) is 2.74. The van der Waals surface area contributed by atoms with Gasteiger partial charge in [0.15, 0.2) is 0 Å². The molecule has 2 amide bonds. The van der Waals surface area contributed by atoms with E-state index in [1.165, 1.54) is 7.11 Å². The van der Waals surface area contributed by atoms with Crippen LogP contribution in [0.15, 0.2) is 48.5 Å². The van der Waals surface area contributed by atoms with E-state index >= 15 is 0 Å². The van der Waals surface area contributed by atoms with E-state index < -0.39 is 11.8 Å². The number of methoxy groups -OCH3 is 1. The number of ether oxygens (including phenoxy) is 2. The van der Waals surface area contributed by atoms with E-state index in [0.717, 1.165) is 12.8 Å². The molecule has 0 atom stereocenters. The van der Waals surface area contributed by atoms with Crippen molar-refractivity contribution in [2.75, 3.05) is 13.7 Å². The quantitative estimate of drug-likeness (QED) is 0.599.